The average Bonchev–Trinajstić information content (AvgIpc) is 3.23. The zero-order valence-electron chi connectivity index (χ0n) is 19.4. The average molecular weight is 493 g/mol. The summed E-state index contributed by atoms with van der Waals surface area (Å²) in [6, 6.07) is 0. The lowest BCUT2D eigenvalue weighted by Gasteiger charge is -2.15. The van der Waals surface area contributed by atoms with Gasteiger partial charge in [0.2, 0.25) is 5.91 Å². The van der Waals surface area contributed by atoms with Gasteiger partial charge < -0.3 is 20.1 Å². The monoisotopic (exact) mass is 492 g/mol. The molecule has 0 bridgehead atoms. The van der Waals surface area contributed by atoms with Crippen LogP contribution in [0.3, 0.4) is 0 Å². The van der Waals surface area contributed by atoms with Gasteiger partial charge in [0.25, 0.3) is 5.91 Å². The van der Waals surface area contributed by atoms with Gasteiger partial charge in [0.05, 0.1) is 17.7 Å². The van der Waals surface area contributed by atoms with Gasteiger partial charge in [0.1, 0.15) is 10.0 Å². The van der Waals surface area contributed by atoms with Gasteiger partial charge in [0.15, 0.2) is 6.10 Å². The van der Waals surface area contributed by atoms with Crippen LogP contribution in [-0.2, 0) is 31.9 Å². The van der Waals surface area contributed by atoms with E-state index in [0.717, 1.165) is 41.0 Å². The van der Waals surface area contributed by atoms with Crippen LogP contribution in [0.5, 0.6) is 0 Å². The molecule has 0 fully saturated rings. The van der Waals surface area contributed by atoms with Crippen molar-refractivity contribution in [1.29, 1.82) is 0 Å². The smallest absolute Gasteiger partial charge is 0.342 e. The van der Waals surface area contributed by atoms with Crippen LogP contribution >= 0.6 is 22.7 Å². The van der Waals surface area contributed by atoms with Crippen molar-refractivity contribution < 1.29 is 28.7 Å². The molecule has 0 radical (unpaired) electrons. The van der Waals surface area contributed by atoms with E-state index in [2.05, 4.69) is 10.6 Å². The Kier molecular flexibility index (Phi) is 7.91. The Morgan fingerprint density at radius 2 is 1.64 bits per heavy atom. The molecule has 0 spiro atoms. The molecule has 0 saturated heterocycles. The summed E-state index contributed by atoms with van der Waals surface area (Å²) in [7, 11) is 0. The second-order valence-corrected chi connectivity index (χ2v) is 10.2. The molecule has 2 heterocycles. The van der Waals surface area contributed by atoms with Crippen LogP contribution in [0.1, 0.15) is 75.2 Å². The van der Waals surface area contributed by atoms with E-state index in [1.807, 2.05) is 6.92 Å². The number of carbonyl (C=O) groups is 4. The number of thiophene rings is 2. The van der Waals surface area contributed by atoms with Crippen LogP contribution in [0.15, 0.2) is 0 Å². The van der Waals surface area contributed by atoms with Gasteiger partial charge in [-0.05, 0) is 64.5 Å². The number of rotatable bonds is 7. The standard InChI is InChI=1S/C23H28N2O6S2/c1-6-30-22(28)18-15-9-7-8-10-16(15)33-21(18)25-19(27)12(3)31-23(29)17-11(2)13(4)32-20(17)24-14(5)26/h12H,6-10H2,1-5H3,(H,24,26)(H,25,27). The molecule has 10 heteroatoms. The van der Waals surface area contributed by atoms with Gasteiger partial charge in [-0.1, -0.05) is 0 Å². The maximum atomic E-state index is 12.9. The number of anilines is 2. The maximum absolute atomic E-state index is 12.9. The van der Waals surface area contributed by atoms with Crippen molar-refractivity contribution in [3.05, 3.63) is 32.0 Å². The fraction of sp³-hybridized carbons (Fsp3) is 0.478. The summed E-state index contributed by atoms with van der Waals surface area (Å²) in [4.78, 5) is 51.8. The number of ether oxygens (including phenoxy) is 2. The number of amides is 2. The largest absolute Gasteiger partial charge is 0.462 e. The van der Waals surface area contributed by atoms with Crippen molar-refractivity contribution in [3.63, 3.8) is 0 Å². The number of hydrogen-bond donors (Lipinski definition) is 2. The molecule has 1 unspecified atom stereocenters. The zero-order chi connectivity index (χ0) is 24.3. The summed E-state index contributed by atoms with van der Waals surface area (Å²) in [5.41, 5.74) is 2.28. The van der Waals surface area contributed by atoms with E-state index in [-0.39, 0.29) is 18.1 Å². The Morgan fingerprint density at radius 1 is 0.970 bits per heavy atom. The van der Waals surface area contributed by atoms with E-state index in [4.69, 9.17) is 9.47 Å². The first-order valence-corrected chi connectivity index (χ1v) is 12.5. The Labute approximate surface area is 200 Å². The van der Waals surface area contributed by atoms with E-state index in [1.54, 1.807) is 13.8 Å². The number of fused-ring (bicyclic) bond motifs is 1. The number of nitrogens with one attached hydrogen (secondary N) is 2. The molecule has 1 aliphatic rings. The summed E-state index contributed by atoms with van der Waals surface area (Å²) in [5.74, 6) is -2.00. The molecular weight excluding hydrogens is 464 g/mol. The van der Waals surface area contributed by atoms with Crippen molar-refractivity contribution in [3.8, 4) is 0 Å². The number of hydrogen-bond acceptors (Lipinski definition) is 8. The number of carbonyl (C=O) groups excluding carboxylic acids is 4. The van der Waals surface area contributed by atoms with E-state index >= 15 is 0 Å². The van der Waals surface area contributed by atoms with Crippen LogP contribution in [0, 0.1) is 13.8 Å². The van der Waals surface area contributed by atoms with Gasteiger partial charge >= 0.3 is 11.9 Å². The third kappa shape index (κ3) is 5.44. The number of esters is 2. The molecule has 0 aliphatic heterocycles. The van der Waals surface area contributed by atoms with E-state index in [0.29, 0.717) is 21.1 Å². The fourth-order valence-electron chi connectivity index (χ4n) is 3.68. The molecule has 0 saturated carbocycles. The van der Waals surface area contributed by atoms with Crippen LogP contribution in [-0.4, -0.2) is 36.5 Å². The lowest BCUT2D eigenvalue weighted by molar-refractivity contribution is -0.123. The summed E-state index contributed by atoms with van der Waals surface area (Å²) in [6.45, 7) is 8.41. The van der Waals surface area contributed by atoms with Crippen molar-refractivity contribution >= 4 is 56.4 Å². The van der Waals surface area contributed by atoms with E-state index in [1.165, 1.54) is 36.5 Å². The molecular formula is C23H28N2O6S2. The Morgan fingerprint density at radius 3 is 2.30 bits per heavy atom. The van der Waals surface area contributed by atoms with Crippen molar-refractivity contribution in [2.24, 2.45) is 0 Å². The van der Waals surface area contributed by atoms with Gasteiger partial charge in [0, 0.05) is 16.7 Å². The lowest BCUT2D eigenvalue weighted by atomic mass is 9.95. The molecule has 178 valence electrons. The summed E-state index contributed by atoms with van der Waals surface area (Å²) >= 11 is 2.65. The molecule has 2 amide bonds. The highest BCUT2D eigenvalue weighted by Crippen LogP contribution is 2.39. The van der Waals surface area contributed by atoms with E-state index < -0.39 is 23.9 Å². The SMILES string of the molecule is CCOC(=O)c1c(NC(=O)C(C)OC(=O)c2c(NC(C)=O)sc(C)c2C)sc2c1CCCC2. The van der Waals surface area contributed by atoms with E-state index in [9.17, 15) is 19.2 Å². The molecule has 3 rings (SSSR count). The molecule has 2 aromatic heterocycles. The predicted molar refractivity (Wildman–Crippen MR) is 129 cm³/mol. The first-order valence-electron chi connectivity index (χ1n) is 10.8. The topological polar surface area (TPSA) is 111 Å². The minimum Gasteiger partial charge on any atom is -0.462 e. The highest BCUT2D eigenvalue weighted by molar-refractivity contribution is 7.17. The second kappa shape index (κ2) is 10.5. The van der Waals surface area contributed by atoms with Crippen LogP contribution in [0.2, 0.25) is 0 Å². The van der Waals surface area contributed by atoms with Gasteiger partial charge in [-0.25, -0.2) is 9.59 Å². The van der Waals surface area contributed by atoms with Crippen LogP contribution in [0.4, 0.5) is 10.0 Å². The Bertz CT molecular complexity index is 1100. The maximum Gasteiger partial charge on any atom is 0.342 e. The predicted octanol–water partition coefficient (Wildman–Crippen LogP) is 4.62. The third-order valence-corrected chi connectivity index (χ3v) is 7.75. The summed E-state index contributed by atoms with van der Waals surface area (Å²) < 4.78 is 10.6. The van der Waals surface area contributed by atoms with Gasteiger partial charge in [-0.15, -0.1) is 22.7 Å². The van der Waals surface area contributed by atoms with Crippen LogP contribution < -0.4 is 10.6 Å². The third-order valence-electron chi connectivity index (χ3n) is 5.42. The minimum atomic E-state index is -1.11. The van der Waals surface area contributed by atoms with Gasteiger partial charge in [-0.3, -0.25) is 9.59 Å². The molecule has 33 heavy (non-hydrogen) atoms. The van der Waals surface area contributed by atoms with Crippen molar-refractivity contribution in [1.82, 2.24) is 0 Å². The first kappa shape index (κ1) is 24.9. The molecule has 1 aliphatic carbocycles. The van der Waals surface area contributed by atoms with Crippen LogP contribution in [0.25, 0.3) is 0 Å². The second-order valence-electron chi connectivity index (χ2n) is 7.84. The highest BCUT2D eigenvalue weighted by atomic mass is 32.1. The first-order chi connectivity index (χ1) is 15.6. The van der Waals surface area contributed by atoms with Gasteiger partial charge in [-0.2, -0.15) is 0 Å². The zero-order valence-corrected chi connectivity index (χ0v) is 21.0. The summed E-state index contributed by atoms with van der Waals surface area (Å²) in [6.07, 6.45) is 2.52. The fourth-order valence-corrected chi connectivity index (χ4v) is 6.06. The molecule has 0 aromatic carbocycles. The molecule has 2 aromatic rings. The van der Waals surface area contributed by atoms with Crippen molar-refractivity contribution in [2.75, 3.05) is 17.2 Å². The Balaban J connectivity index is 1.78. The molecule has 8 nitrogen and oxygen atoms in total. The van der Waals surface area contributed by atoms with Crippen molar-refractivity contribution in [2.45, 2.75) is 66.4 Å². The number of aryl methyl sites for hydroxylation is 2. The molecule has 2 N–H and O–H groups in total. The minimum absolute atomic E-state index is 0.237. The molecule has 1 atom stereocenters. The normalized spacial score (nSPS) is 13.6. The highest BCUT2D eigenvalue weighted by Gasteiger charge is 2.30. The summed E-state index contributed by atoms with van der Waals surface area (Å²) in [5, 5.41) is 6.23. The quantitative estimate of drug-likeness (QED) is 0.546. The Hall–Kier alpha value is -2.72. The lowest BCUT2D eigenvalue weighted by Crippen LogP contribution is -2.30.